The molecule has 270 valence electrons. The zero-order chi connectivity index (χ0) is 37.6. The van der Waals surface area contributed by atoms with Crippen LogP contribution >= 0.6 is 0 Å². The normalized spacial score (nSPS) is 16.2. The molecular formula is C33H35F6N5O6. The van der Waals surface area contributed by atoms with Gasteiger partial charge in [0.15, 0.2) is 0 Å². The topological polar surface area (TPSA) is 195 Å². The molecule has 4 rings (SSSR count). The van der Waals surface area contributed by atoms with Crippen LogP contribution in [0.2, 0.25) is 0 Å². The molecular weight excluding hydrogens is 676 g/mol. The van der Waals surface area contributed by atoms with Crippen LogP contribution in [0.4, 0.5) is 26.3 Å². The lowest BCUT2D eigenvalue weighted by molar-refractivity contribution is -0.193. The molecule has 0 saturated carbocycles. The van der Waals surface area contributed by atoms with Gasteiger partial charge in [0, 0.05) is 12.1 Å². The maximum Gasteiger partial charge on any atom is 0.490 e. The third kappa shape index (κ3) is 13.6. The van der Waals surface area contributed by atoms with Gasteiger partial charge in [-0.25, -0.2) is 9.59 Å². The van der Waals surface area contributed by atoms with E-state index in [9.17, 15) is 35.9 Å². The summed E-state index contributed by atoms with van der Waals surface area (Å²) in [5.41, 5.74) is 10.6. The molecule has 0 aliphatic carbocycles. The third-order valence-corrected chi connectivity index (χ3v) is 7.15. The number of alkyl halides is 6. The van der Waals surface area contributed by atoms with E-state index in [1.165, 1.54) is 16.7 Å². The van der Waals surface area contributed by atoms with Crippen LogP contribution in [0, 0.1) is 5.41 Å². The Kier molecular flexibility index (Phi) is 14.9. The maximum atomic E-state index is 13.0. The second-order valence-corrected chi connectivity index (χ2v) is 10.9. The highest BCUT2D eigenvalue weighted by atomic mass is 19.4. The van der Waals surface area contributed by atoms with E-state index in [0.717, 1.165) is 18.5 Å². The van der Waals surface area contributed by atoms with E-state index in [1.54, 1.807) is 19.1 Å². The van der Waals surface area contributed by atoms with Crippen molar-refractivity contribution in [1.82, 2.24) is 16.0 Å². The number of aliphatic carboxylic acids is 2. The Morgan fingerprint density at radius 2 is 1.42 bits per heavy atom. The van der Waals surface area contributed by atoms with Gasteiger partial charge < -0.3 is 31.9 Å². The number of nitrogen functional groups attached to an aromatic ring is 1. The highest BCUT2D eigenvalue weighted by Crippen LogP contribution is 2.31. The van der Waals surface area contributed by atoms with Crippen LogP contribution in [-0.4, -0.2) is 70.8 Å². The van der Waals surface area contributed by atoms with E-state index in [-0.39, 0.29) is 29.6 Å². The van der Waals surface area contributed by atoms with Crippen molar-refractivity contribution in [2.24, 2.45) is 5.73 Å². The number of carboxylic acids is 2. The number of rotatable bonds is 8. The molecule has 0 aromatic heterocycles. The maximum absolute atomic E-state index is 13.0. The molecule has 3 aromatic carbocycles. The van der Waals surface area contributed by atoms with Crippen molar-refractivity contribution in [3.05, 3.63) is 95.6 Å². The SMILES string of the molecule is CC(NC(=O)[C@H]1C[C@@H](c2cccc(-c3ccccc3)c2)CCN1)C(=O)NCc1ccc(C(=N)N)cc1.O=C(O)C(F)(F)F.O=C(O)C(F)(F)F. The number of carbonyl (C=O) groups is 4. The smallest absolute Gasteiger partial charge is 0.475 e. The van der Waals surface area contributed by atoms with Crippen molar-refractivity contribution in [1.29, 1.82) is 5.41 Å². The molecule has 0 radical (unpaired) electrons. The first-order valence-corrected chi connectivity index (χ1v) is 14.8. The molecule has 0 spiro atoms. The van der Waals surface area contributed by atoms with Crippen LogP contribution in [0.1, 0.15) is 42.4 Å². The summed E-state index contributed by atoms with van der Waals surface area (Å²) in [6.07, 6.45) is -8.53. The molecule has 1 saturated heterocycles. The van der Waals surface area contributed by atoms with E-state index in [2.05, 4.69) is 52.3 Å². The Hall–Kier alpha value is -5.45. The second-order valence-electron chi connectivity index (χ2n) is 10.9. The summed E-state index contributed by atoms with van der Waals surface area (Å²) in [5, 5.41) is 30.7. The van der Waals surface area contributed by atoms with Crippen LogP contribution in [0.3, 0.4) is 0 Å². The van der Waals surface area contributed by atoms with Gasteiger partial charge in [0.2, 0.25) is 11.8 Å². The molecule has 50 heavy (non-hydrogen) atoms. The first kappa shape index (κ1) is 40.7. The lowest BCUT2D eigenvalue weighted by Gasteiger charge is -2.30. The van der Waals surface area contributed by atoms with Crippen LogP contribution in [0.25, 0.3) is 11.1 Å². The molecule has 11 nitrogen and oxygen atoms in total. The van der Waals surface area contributed by atoms with Crippen molar-refractivity contribution in [2.45, 2.75) is 56.7 Å². The second kappa shape index (κ2) is 18.4. The van der Waals surface area contributed by atoms with E-state index < -0.39 is 30.3 Å². The summed E-state index contributed by atoms with van der Waals surface area (Å²) >= 11 is 0. The van der Waals surface area contributed by atoms with Crippen molar-refractivity contribution >= 4 is 29.6 Å². The predicted octanol–water partition coefficient (Wildman–Crippen LogP) is 4.56. The van der Waals surface area contributed by atoms with E-state index in [4.69, 9.17) is 30.9 Å². The Morgan fingerprint density at radius 1 is 0.880 bits per heavy atom. The molecule has 3 aromatic rings. The number of amidine groups is 1. The largest absolute Gasteiger partial charge is 0.490 e. The summed E-state index contributed by atoms with van der Waals surface area (Å²) in [6, 6.07) is 25.0. The third-order valence-electron chi connectivity index (χ3n) is 7.15. The number of halogens is 6. The van der Waals surface area contributed by atoms with Gasteiger partial charge in [-0.05, 0) is 54.5 Å². The van der Waals surface area contributed by atoms with Gasteiger partial charge in [-0.2, -0.15) is 26.3 Å². The lowest BCUT2D eigenvalue weighted by Crippen LogP contribution is -2.53. The Morgan fingerprint density at radius 3 is 1.94 bits per heavy atom. The highest BCUT2D eigenvalue weighted by molar-refractivity contribution is 5.95. The van der Waals surface area contributed by atoms with Crippen molar-refractivity contribution in [3.63, 3.8) is 0 Å². The number of carbonyl (C=O) groups excluding carboxylic acids is 2. The van der Waals surface area contributed by atoms with Crippen molar-refractivity contribution in [2.75, 3.05) is 6.54 Å². The molecule has 1 aliphatic heterocycles. The van der Waals surface area contributed by atoms with Crippen molar-refractivity contribution < 1.29 is 55.7 Å². The fraction of sp³-hybridized carbons (Fsp3) is 0.303. The Balaban J connectivity index is 0.000000521. The van der Waals surface area contributed by atoms with E-state index in [1.807, 2.05) is 30.3 Å². The molecule has 3 atom stereocenters. The monoisotopic (exact) mass is 711 g/mol. The number of hydrogen-bond acceptors (Lipinski definition) is 6. The number of nitrogens with one attached hydrogen (secondary N) is 4. The van der Waals surface area contributed by atoms with Crippen LogP contribution < -0.4 is 21.7 Å². The zero-order valence-corrected chi connectivity index (χ0v) is 26.4. The molecule has 1 fully saturated rings. The predicted molar refractivity (Wildman–Crippen MR) is 170 cm³/mol. The van der Waals surface area contributed by atoms with Gasteiger partial charge in [-0.3, -0.25) is 15.0 Å². The van der Waals surface area contributed by atoms with E-state index in [0.29, 0.717) is 18.5 Å². The van der Waals surface area contributed by atoms with Gasteiger partial charge >= 0.3 is 24.3 Å². The van der Waals surface area contributed by atoms with E-state index >= 15 is 0 Å². The molecule has 17 heteroatoms. The summed E-state index contributed by atoms with van der Waals surface area (Å²) < 4.78 is 63.5. The number of nitrogens with two attached hydrogens (primary N) is 1. The van der Waals surface area contributed by atoms with Crippen LogP contribution in [0.15, 0.2) is 78.9 Å². The minimum Gasteiger partial charge on any atom is -0.475 e. The van der Waals surface area contributed by atoms with Gasteiger partial charge in [0.05, 0.1) is 6.04 Å². The van der Waals surface area contributed by atoms with Crippen LogP contribution in [0.5, 0.6) is 0 Å². The summed E-state index contributed by atoms with van der Waals surface area (Å²) in [4.78, 5) is 43.3. The first-order valence-electron chi connectivity index (χ1n) is 14.8. The number of benzene rings is 3. The molecule has 0 bridgehead atoms. The molecule has 1 heterocycles. The number of carboxylic acid groups (broad SMARTS) is 2. The average molecular weight is 712 g/mol. The fourth-order valence-electron chi connectivity index (χ4n) is 4.55. The fourth-order valence-corrected chi connectivity index (χ4v) is 4.55. The van der Waals surface area contributed by atoms with Crippen molar-refractivity contribution in [3.8, 4) is 11.1 Å². The molecule has 2 amide bonds. The number of amides is 2. The molecule has 1 aliphatic rings. The number of hydrogen-bond donors (Lipinski definition) is 7. The minimum absolute atomic E-state index is 0.00406. The number of piperidine rings is 1. The lowest BCUT2D eigenvalue weighted by atomic mass is 9.85. The quantitative estimate of drug-likeness (QED) is 0.100. The summed E-state index contributed by atoms with van der Waals surface area (Å²) in [5.74, 6) is -5.65. The average Bonchev–Trinajstić information content (AvgIpc) is 3.07. The summed E-state index contributed by atoms with van der Waals surface area (Å²) in [6.45, 7) is 2.77. The Labute approximate surface area is 282 Å². The van der Waals surface area contributed by atoms with Gasteiger partial charge in [0.1, 0.15) is 11.9 Å². The Bertz CT molecular complexity index is 1590. The van der Waals surface area contributed by atoms with Crippen LogP contribution in [-0.2, 0) is 25.7 Å². The highest BCUT2D eigenvalue weighted by Gasteiger charge is 2.39. The van der Waals surface area contributed by atoms with Gasteiger partial charge in [-0.15, -0.1) is 0 Å². The molecule has 1 unspecified atom stereocenters. The summed E-state index contributed by atoms with van der Waals surface area (Å²) in [7, 11) is 0. The first-order chi connectivity index (χ1) is 23.3. The zero-order valence-electron chi connectivity index (χ0n) is 26.4. The van der Waals surface area contributed by atoms with Gasteiger partial charge in [-0.1, -0.05) is 78.9 Å². The standard InChI is InChI=1S/C29H33N5O2.2C2HF3O2/c1-19(28(35)33-18-20-10-12-22(13-11-20)27(30)31)34-29(36)26-17-25(14-15-32-26)24-9-5-8-23(16-24)21-6-3-2-4-7-21;2*3-2(4,5)1(6)7/h2-13,16,19,25-26,32H,14-15,17-18H2,1H3,(H3,30,31)(H,33,35)(H,34,36);2*(H,6,7)/t19?,25-,26+;;/m0../s1. The van der Waals surface area contributed by atoms with Gasteiger partial charge in [0.25, 0.3) is 0 Å². The minimum atomic E-state index is -5.08. The molecule has 8 N–H and O–H groups in total.